The lowest BCUT2D eigenvalue weighted by atomic mass is 9.91. The molecule has 1 N–H and O–H groups in total. The van der Waals surface area contributed by atoms with Gasteiger partial charge in [0.2, 0.25) is 0 Å². The zero-order chi connectivity index (χ0) is 16.8. The SMILES string of the molecule is CCC(C)(C)C(=O)OCC(O)COC(=O)c1ccc(I)cc1. The molecule has 0 aliphatic rings. The van der Waals surface area contributed by atoms with E-state index in [0.29, 0.717) is 12.0 Å². The zero-order valence-electron chi connectivity index (χ0n) is 13.0. The van der Waals surface area contributed by atoms with Crippen LogP contribution in [0.25, 0.3) is 0 Å². The van der Waals surface area contributed by atoms with Crippen LogP contribution in [0.2, 0.25) is 0 Å². The minimum Gasteiger partial charge on any atom is -0.462 e. The van der Waals surface area contributed by atoms with Gasteiger partial charge in [0.25, 0.3) is 0 Å². The molecule has 6 heteroatoms. The summed E-state index contributed by atoms with van der Waals surface area (Å²) in [5.41, 5.74) is -0.172. The topological polar surface area (TPSA) is 72.8 Å². The van der Waals surface area contributed by atoms with Crippen molar-refractivity contribution >= 4 is 34.5 Å². The Bertz CT molecular complexity index is 510. The summed E-state index contributed by atoms with van der Waals surface area (Å²) in [6.07, 6.45) is -0.395. The summed E-state index contributed by atoms with van der Waals surface area (Å²) in [4.78, 5) is 23.5. The Morgan fingerprint density at radius 1 is 1.18 bits per heavy atom. The number of carbonyl (C=O) groups is 2. The van der Waals surface area contributed by atoms with Crippen molar-refractivity contribution in [1.29, 1.82) is 0 Å². The molecule has 22 heavy (non-hydrogen) atoms. The van der Waals surface area contributed by atoms with Gasteiger partial charge in [0, 0.05) is 3.57 Å². The number of aliphatic hydroxyl groups is 1. The van der Waals surface area contributed by atoms with E-state index in [4.69, 9.17) is 9.47 Å². The van der Waals surface area contributed by atoms with Gasteiger partial charge in [-0.05, 0) is 67.1 Å². The van der Waals surface area contributed by atoms with E-state index in [9.17, 15) is 14.7 Å². The second kappa shape index (κ2) is 8.47. The van der Waals surface area contributed by atoms with Gasteiger partial charge in [-0.1, -0.05) is 6.92 Å². The molecule has 1 unspecified atom stereocenters. The molecular formula is C16H21IO5. The van der Waals surface area contributed by atoms with E-state index in [2.05, 4.69) is 22.6 Å². The first-order valence-corrected chi connectivity index (χ1v) is 8.12. The number of carbonyl (C=O) groups excluding carboxylic acids is 2. The van der Waals surface area contributed by atoms with Crippen molar-refractivity contribution in [2.45, 2.75) is 33.3 Å². The predicted octanol–water partition coefficient (Wildman–Crippen LogP) is 2.79. The van der Waals surface area contributed by atoms with Gasteiger partial charge in [-0.3, -0.25) is 4.79 Å². The molecular weight excluding hydrogens is 399 g/mol. The lowest BCUT2D eigenvalue weighted by Crippen LogP contribution is -2.31. The van der Waals surface area contributed by atoms with Crippen LogP contribution in [-0.2, 0) is 14.3 Å². The van der Waals surface area contributed by atoms with Crippen molar-refractivity contribution in [3.8, 4) is 0 Å². The average Bonchev–Trinajstić information content (AvgIpc) is 2.50. The van der Waals surface area contributed by atoms with Crippen LogP contribution in [-0.4, -0.2) is 36.4 Å². The first-order chi connectivity index (χ1) is 10.3. The summed E-state index contributed by atoms with van der Waals surface area (Å²) in [6.45, 7) is 5.03. The van der Waals surface area contributed by atoms with Gasteiger partial charge < -0.3 is 14.6 Å². The molecule has 5 nitrogen and oxygen atoms in total. The molecule has 1 rings (SSSR count). The summed E-state index contributed by atoms with van der Waals surface area (Å²) in [5.74, 6) is -0.895. The highest BCUT2D eigenvalue weighted by Gasteiger charge is 2.27. The van der Waals surface area contributed by atoms with Crippen molar-refractivity contribution in [3.05, 3.63) is 33.4 Å². The van der Waals surface area contributed by atoms with E-state index < -0.39 is 17.5 Å². The number of esters is 2. The molecule has 0 radical (unpaired) electrons. The van der Waals surface area contributed by atoms with Crippen LogP contribution in [0.5, 0.6) is 0 Å². The minimum absolute atomic E-state index is 0.192. The maximum Gasteiger partial charge on any atom is 0.338 e. The largest absolute Gasteiger partial charge is 0.462 e. The molecule has 0 aliphatic heterocycles. The molecule has 0 heterocycles. The number of aliphatic hydroxyl groups excluding tert-OH is 1. The van der Waals surface area contributed by atoms with E-state index >= 15 is 0 Å². The summed E-state index contributed by atoms with van der Waals surface area (Å²) >= 11 is 2.14. The van der Waals surface area contributed by atoms with Crippen molar-refractivity contribution in [1.82, 2.24) is 0 Å². The maximum absolute atomic E-state index is 11.8. The Balaban J connectivity index is 2.37. The number of ether oxygens (including phenoxy) is 2. The Hall–Kier alpha value is -1.15. The monoisotopic (exact) mass is 420 g/mol. The van der Waals surface area contributed by atoms with Gasteiger partial charge in [-0.15, -0.1) is 0 Å². The number of hydrogen-bond donors (Lipinski definition) is 1. The van der Waals surface area contributed by atoms with Crippen molar-refractivity contribution in [2.75, 3.05) is 13.2 Å². The third-order valence-electron chi connectivity index (χ3n) is 3.33. The van der Waals surface area contributed by atoms with Crippen molar-refractivity contribution < 1.29 is 24.2 Å². The van der Waals surface area contributed by atoms with Gasteiger partial charge >= 0.3 is 11.9 Å². The van der Waals surface area contributed by atoms with Crippen LogP contribution in [0.15, 0.2) is 24.3 Å². The molecule has 0 saturated carbocycles. The zero-order valence-corrected chi connectivity index (χ0v) is 15.1. The van der Waals surface area contributed by atoms with Gasteiger partial charge in [-0.2, -0.15) is 0 Å². The number of rotatable bonds is 7. The molecule has 0 fully saturated rings. The van der Waals surface area contributed by atoms with E-state index in [1.54, 1.807) is 38.1 Å². The third-order valence-corrected chi connectivity index (χ3v) is 4.05. The second-order valence-corrected chi connectivity index (χ2v) is 6.84. The fourth-order valence-corrected chi connectivity index (χ4v) is 1.76. The smallest absolute Gasteiger partial charge is 0.338 e. The maximum atomic E-state index is 11.8. The predicted molar refractivity (Wildman–Crippen MR) is 90.5 cm³/mol. The third kappa shape index (κ3) is 5.92. The number of halogens is 1. The van der Waals surface area contributed by atoms with Gasteiger partial charge in [-0.25, -0.2) is 4.79 Å². The highest BCUT2D eigenvalue weighted by molar-refractivity contribution is 14.1. The quantitative estimate of drug-likeness (QED) is 0.543. The Kier molecular flexibility index (Phi) is 7.28. The molecule has 1 atom stereocenters. The summed E-state index contributed by atoms with van der Waals surface area (Å²) in [6, 6.07) is 6.89. The van der Waals surface area contributed by atoms with Crippen LogP contribution in [0.3, 0.4) is 0 Å². The molecule has 0 amide bonds. The highest BCUT2D eigenvalue weighted by atomic mass is 127. The van der Waals surface area contributed by atoms with E-state index in [-0.39, 0.29) is 19.2 Å². The normalized spacial score (nSPS) is 12.6. The highest BCUT2D eigenvalue weighted by Crippen LogP contribution is 2.21. The molecule has 0 aromatic heterocycles. The molecule has 1 aromatic carbocycles. The molecule has 0 bridgehead atoms. The average molecular weight is 420 g/mol. The van der Waals surface area contributed by atoms with E-state index in [1.165, 1.54) is 0 Å². The van der Waals surface area contributed by atoms with Gasteiger partial charge in [0.15, 0.2) is 0 Å². The molecule has 122 valence electrons. The lowest BCUT2D eigenvalue weighted by Gasteiger charge is -2.21. The van der Waals surface area contributed by atoms with Crippen LogP contribution in [0.4, 0.5) is 0 Å². The van der Waals surface area contributed by atoms with E-state index in [1.807, 2.05) is 6.92 Å². The molecule has 1 aromatic rings. The van der Waals surface area contributed by atoms with E-state index in [0.717, 1.165) is 3.57 Å². The van der Waals surface area contributed by atoms with Crippen LogP contribution < -0.4 is 0 Å². The molecule has 0 aliphatic carbocycles. The Morgan fingerprint density at radius 3 is 2.27 bits per heavy atom. The number of benzene rings is 1. The Morgan fingerprint density at radius 2 is 1.73 bits per heavy atom. The van der Waals surface area contributed by atoms with Crippen molar-refractivity contribution in [2.24, 2.45) is 5.41 Å². The fourth-order valence-electron chi connectivity index (χ4n) is 1.40. The lowest BCUT2D eigenvalue weighted by molar-refractivity contribution is -0.157. The fraction of sp³-hybridized carbons (Fsp3) is 0.500. The summed E-state index contributed by atoms with van der Waals surface area (Å²) in [5, 5.41) is 9.72. The minimum atomic E-state index is -1.04. The summed E-state index contributed by atoms with van der Waals surface area (Å²) in [7, 11) is 0. The molecule has 0 saturated heterocycles. The first-order valence-electron chi connectivity index (χ1n) is 7.04. The van der Waals surface area contributed by atoms with Gasteiger partial charge in [0.05, 0.1) is 11.0 Å². The molecule has 0 spiro atoms. The van der Waals surface area contributed by atoms with Crippen LogP contribution >= 0.6 is 22.6 Å². The first kappa shape index (κ1) is 18.9. The Labute approximate surface area is 144 Å². The standard InChI is InChI=1S/C16H21IO5/c1-4-16(2,3)15(20)22-10-13(18)9-21-14(19)11-5-7-12(17)8-6-11/h5-8,13,18H,4,9-10H2,1-3H3. The number of hydrogen-bond acceptors (Lipinski definition) is 5. The van der Waals surface area contributed by atoms with Crippen molar-refractivity contribution in [3.63, 3.8) is 0 Å². The van der Waals surface area contributed by atoms with Crippen LogP contribution in [0.1, 0.15) is 37.6 Å². The van der Waals surface area contributed by atoms with Crippen LogP contribution in [0, 0.1) is 8.99 Å². The second-order valence-electron chi connectivity index (χ2n) is 5.60. The van der Waals surface area contributed by atoms with Gasteiger partial charge in [0.1, 0.15) is 19.3 Å². The summed E-state index contributed by atoms with van der Waals surface area (Å²) < 4.78 is 11.0.